The molecule has 24 heavy (non-hydrogen) atoms. The first-order valence-electron chi connectivity index (χ1n) is 8.49. The molecule has 1 fully saturated rings. The van der Waals surface area contributed by atoms with Crippen molar-refractivity contribution in [3.8, 4) is 0 Å². The minimum Gasteiger partial charge on any atom is -0.378 e. The molecule has 1 aliphatic heterocycles. The van der Waals surface area contributed by atoms with E-state index in [-0.39, 0.29) is 0 Å². The Morgan fingerprint density at radius 2 is 2.04 bits per heavy atom. The molecule has 0 unspecified atom stereocenters. The summed E-state index contributed by atoms with van der Waals surface area (Å²) >= 11 is 0. The molecule has 0 aliphatic carbocycles. The van der Waals surface area contributed by atoms with Crippen molar-refractivity contribution in [3.05, 3.63) is 41.3 Å². The number of nitrogens with one attached hydrogen (secondary N) is 1. The van der Waals surface area contributed by atoms with Crippen molar-refractivity contribution in [1.29, 1.82) is 0 Å². The number of anilines is 2. The van der Waals surface area contributed by atoms with Crippen LogP contribution in [0, 0.1) is 6.92 Å². The molecule has 0 bridgehead atoms. The molecule has 3 heterocycles. The van der Waals surface area contributed by atoms with Crippen LogP contribution in [0.25, 0.3) is 0 Å². The van der Waals surface area contributed by atoms with Crippen molar-refractivity contribution >= 4 is 11.8 Å². The first-order chi connectivity index (χ1) is 11.6. The third kappa shape index (κ3) is 4.00. The minimum absolute atomic E-state index is 0.384. The van der Waals surface area contributed by atoms with Crippen LogP contribution in [0.5, 0.6) is 0 Å². The van der Waals surface area contributed by atoms with E-state index in [0.717, 1.165) is 49.1 Å². The van der Waals surface area contributed by atoms with Gasteiger partial charge in [-0.3, -0.25) is 0 Å². The Kier molecular flexibility index (Phi) is 5.25. The molecule has 1 N–H and O–H groups in total. The first kappa shape index (κ1) is 16.6. The van der Waals surface area contributed by atoms with E-state index in [9.17, 15) is 0 Å². The topological polar surface area (TPSA) is 63.2 Å². The van der Waals surface area contributed by atoms with Crippen LogP contribution in [0.2, 0.25) is 0 Å². The Bertz CT molecular complexity index is 683. The lowest BCUT2D eigenvalue weighted by Gasteiger charge is -2.29. The van der Waals surface area contributed by atoms with E-state index in [1.54, 1.807) is 0 Å². The Morgan fingerprint density at radius 3 is 2.79 bits per heavy atom. The number of nitrogens with zero attached hydrogens (tertiary/aromatic N) is 4. The van der Waals surface area contributed by atoms with E-state index >= 15 is 0 Å². The molecule has 3 rings (SSSR count). The van der Waals surface area contributed by atoms with Crippen LogP contribution >= 0.6 is 0 Å². The van der Waals surface area contributed by atoms with Gasteiger partial charge in [0.25, 0.3) is 0 Å². The fourth-order valence-electron chi connectivity index (χ4n) is 2.77. The summed E-state index contributed by atoms with van der Waals surface area (Å²) in [6.07, 6.45) is 1.84. The highest BCUT2D eigenvalue weighted by Gasteiger charge is 2.16. The van der Waals surface area contributed by atoms with Crippen molar-refractivity contribution in [1.82, 2.24) is 15.0 Å². The first-order valence-corrected chi connectivity index (χ1v) is 8.49. The Balaban J connectivity index is 1.75. The quantitative estimate of drug-likeness (QED) is 0.911. The summed E-state index contributed by atoms with van der Waals surface area (Å²) in [5, 5.41) is 3.36. The van der Waals surface area contributed by atoms with Crippen LogP contribution in [0.15, 0.2) is 24.4 Å². The van der Waals surface area contributed by atoms with Gasteiger partial charge in [-0.05, 0) is 25.0 Å². The van der Waals surface area contributed by atoms with Crippen molar-refractivity contribution < 1.29 is 4.74 Å². The average Bonchev–Trinajstić information content (AvgIpc) is 2.60. The largest absolute Gasteiger partial charge is 0.378 e. The van der Waals surface area contributed by atoms with Crippen molar-refractivity contribution in [2.24, 2.45) is 0 Å². The molecule has 0 atom stereocenters. The van der Waals surface area contributed by atoms with Crippen molar-refractivity contribution in [3.63, 3.8) is 0 Å². The molecule has 2 aromatic rings. The van der Waals surface area contributed by atoms with Gasteiger partial charge in [0.1, 0.15) is 5.82 Å². The molecule has 2 aromatic heterocycles. The zero-order valence-electron chi connectivity index (χ0n) is 14.6. The summed E-state index contributed by atoms with van der Waals surface area (Å²) in [6, 6.07) is 6.11. The Labute approximate surface area is 143 Å². The summed E-state index contributed by atoms with van der Waals surface area (Å²) in [4.78, 5) is 16.0. The number of aromatic nitrogens is 3. The third-order valence-corrected chi connectivity index (χ3v) is 4.08. The van der Waals surface area contributed by atoms with E-state index in [2.05, 4.69) is 45.1 Å². The molecule has 6 nitrogen and oxygen atoms in total. The average molecular weight is 327 g/mol. The van der Waals surface area contributed by atoms with Crippen LogP contribution in [-0.2, 0) is 11.3 Å². The maximum atomic E-state index is 5.43. The predicted octanol–water partition coefficient (Wildman–Crippen LogP) is 2.75. The molecule has 128 valence electrons. The van der Waals surface area contributed by atoms with Gasteiger partial charge >= 0.3 is 0 Å². The molecule has 0 saturated carbocycles. The minimum atomic E-state index is 0.384. The lowest BCUT2D eigenvalue weighted by molar-refractivity contribution is 0.122. The molecular formula is C18H25N5O. The number of pyridine rings is 1. The van der Waals surface area contributed by atoms with Crippen LogP contribution in [0.1, 0.15) is 36.7 Å². The second-order valence-electron chi connectivity index (χ2n) is 6.35. The van der Waals surface area contributed by atoms with E-state index in [1.165, 1.54) is 0 Å². The molecule has 1 aliphatic rings. The van der Waals surface area contributed by atoms with Crippen molar-refractivity contribution in [2.45, 2.75) is 33.2 Å². The summed E-state index contributed by atoms with van der Waals surface area (Å²) in [6.45, 7) is 10.2. The highest BCUT2D eigenvalue weighted by molar-refractivity contribution is 5.48. The van der Waals surface area contributed by atoms with Crippen LogP contribution in [-0.4, -0.2) is 41.3 Å². The van der Waals surface area contributed by atoms with Gasteiger partial charge in [0.05, 0.1) is 13.2 Å². The van der Waals surface area contributed by atoms with E-state index in [4.69, 9.17) is 4.74 Å². The van der Waals surface area contributed by atoms with Gasteiger partial charge in [0.2, 0.25) is 5.95 Å². The lowest BCUT2D eigenvalue weighted by Crippen LogP contribution is -2.37. The molecule has 1 saturated heterocycles. The van der Waals surface area contributed by atoms with Crippen LogP contribution in [0.4, 0.5) is 11.8 Å². The summed E-state index contributed by atoms with van der Waals surface area (Å²) < 4.78 is 5.43. The Hall–Kier alpha value is -2.21. The fourth-order valence-corrected chi connectivity index (χ4v) is 2.77. The summed E-state index contributed by atoms with van der Waals surface area (Å²) in [7, 11) is 0. The maximum Gasteiger partial charge on any atom is 0.223 e. The third-order valence-electron chi connectivity index (χ3n) is 4.08. The van der Waals surface area contributed by atoms with Crippen LogP contribution < -0.4 is 10.2 Å². The van der Waals surface area contributed by atoms with Gasteiger partial charge in [-0.2, -0.15) is 0 Å². The lowest BCUT2D eigenvalue weighted by atomic mass is 10.1. The summed E-state index contributed by atoms with van der Waals surface area (Å²) in [5.74, 6) is 2.08. The molecule has 0 aromatic carbocycles. The molecular weight excluding hydrogens is 302 g/mol. The second-order valence-corrected chi connectivity index (χ2v) is 6.35. The van der Waals surface area contributed by atoms with Gasteiger partial charge in [-0.15, -0.1) is 0 Å². The highest BCUT2D eigenvalue weighted by Crippen LogP contribution is 2.20. The second kappa shape index (κ2) is 7.57. The van der Waals surface area contributed by atoms with Gasteiger partial charge in [-0.25, -0.2) is 15.0 Å². The molecule has 0 amide bonds. The maximum absolute atomic E-state index is 5.43. The summed E-state index contributed by atoms with van der Waals surface area (Å²) in [5.41, 5.74) is 3.19. The standard InChI is InChI=1S/C18H25N5O/c1-13(2)16-11-14(3)21-18(22-16)20-12-15-5-4-6-19-17(15)23-7-9-24-10-8-23/h4-6,11,13H,7-10,12H2,1-3H3,(H,20,21,22). The monoisotopic (exact) mass is 327 g/mol. The predicted molar refractivity (Wildman–Crippen MR) is 95.5 cm³/mol. The number of morpholine rings is 1. The van der Waals surface area contributed by atoms with Crippen LogP contribution in [0.3, 0.4) is 0 Å². The number of hydrogen-bond donors (Lipinski definition) is 1. The normalized spacial score (nSPS) is 14.9. The SMILES string of the molecule is Cc1cc(C(C)C)nc(NCc2cccnc2N2CCOCC2)n1. The molecule has 0 spiro atoms. The fraction of sp³-hybridized carbons (Fsp3) is 0.500. The van der Waals surface area contributed by atoms with Gasteiger partial charge in [0, 0.05) is 42.8 Å². The number of rotatable bonds is 5. The van der Waals surface area contributed by atoms with Gasteiger partial charge in [-0.1, -0.05) is 19.9 Å². The smallest absolute Gasteiger partial charge is 0.223 e. The van der Waals surface area contributed by atoms with Crippen molar-refractivity contribution in [2.75, 3.05) is 36.5 Å². The van der Waals surface area contributed by atoms with Gasteiger partial charge in [0.15, 0.2) is 0 Å². The van der Waals surface area contributed by atoms with E-state index in [1.807, 2.05) is 25.3 Å². The van der Waals surface area contributed by atoms with E-state index < -0.39 is 0 Å². The van der Waals surface area contributed by atoms with E-state index in [0.29, 0.717) is 18.4 Å². The zero-order valence-corrected chi connectivity index (χ0v) is 14.6. The highest BCUT2D eigenvalue weighted by atomic mass is 16.5. The number of hydrogen-bond acceptors (Lipinski definition) is 6. The Morgan fingerprint density at radius 1 is 1.25 bits per heavy atom. The molecule has 0 radical (unpaired) electrons. The number of aryl methyl sites for hydroxylation is 1. The van der Waals surface area contributed by atoms with Gasteiger partial charge < -0.3 is 15.0 Å². The number of ether oxygens (including phenoxy) is 1. The zero-order chi connectivity index (χ0) is 16.9. The molecule has 6 heteroatoms.